The lowest BCUT2D eigenvalue weighted by atomic mass is 10.1. The fraction of sp³-hybridized carbons (Fsp3) is 0.350. The molecule has 2 N–H and O–H groups in total. The first kappa shape index (κ1) is 20.9. The van der Waals surface area contributed by atoms with Gasteiger partial charge in [-0.25, -0.2) is 0 Å². The van der Waals surface area contributed by atoms with Crippen LogP contribution in [0.1, 0.15) is 11.1 Å². The SMILES string of the molecule is COc1cc(OC)c(OC)cc1CNC(=O)C[NH+](C)Cc1ccc(Cl)cc1. The second-order valence-corrected chi connectivity index (χ2v) is 6.67. The molecule has 2 aromatic carbocycles. The molecule has 0 spiro atoms. The van der Waals surface area contributed by atoms with Crippen LogP contribution >= 0.6 is 11.6 Å². The summed E-state index contributed by atoms with van der Waals surface area (Å²) in [7, 11) is 6.70. The summed E-state index contributed by atoms with van der Waals surface area (Å²) in [5.74, 6) is 1.76. The van der Waals surface area contributed by atoms with Gasteiger partial charge in [-0.1, -0.05) is 23.7 Å². The van der Waals surface area contributed by atoms with E-state index >= 15 is 0 Å². The number of likely N-dealkylation sites (N-methyl/N-ethyl adjacent to an activating group) is 1. The second kappa shape index (κ2) is 10.0. The first-order valence-electron chi connectivity index (χ1n) is 8.58. The fourth-order valence-electron chi connectivity index (χ4n) is 2.77. The molecule has 27 heavy (non-hydrogen) atoms. The van der Waals surface area contributed by atoms with Gasteiger partial charge in [0.2, 0.25) is 0 Å². The van der Waals surface area contributed by atoms with Crippen LogP contribution in [0.5, 0.6) is 17.2 Å². The predicted octanol–water partition coefficient (Wildman–Crippen LogP) is 1.70. The topological polar surface area (TPSA) is 61.2 Å². The summed E-state index contributed by atoms with van der Waals surface area (Å²) in [5.41, 5.74) is 1.95. The molecule has 0 fully saturated rings. The Hall–Kier alpha value is -2.44. The number of hydrogen-bond acceptors (Lipinski definition) is 4. The molecule has 0 heterocycles. The van der Waals surface area contributed by atoms with E-state index in [2.05, 4.69) is 5.32 Å². The third-order valence-corrected chi connectivity index (χ3v) is 4.40. The summed E-state index contributed by atoms with van der Waals surface area (Å²) < 4.78 is 16.0. The molecule has 0 aliphatic carbocycles. The summed E-state index contributed by atoms with van der Waals surface area (Å²) in [5, 5.41) is 3.64. The van der Waals surface area contributed by atoms with E-state index < -0.39 is 0 Å². The van der Waals surface area contributed by atoms with E-state index in [4.69, 9.17) is 25.8 Å². The van der Waals surface area contributed by atoms with Gasteiger partial charge in [-0.05, 0) is 18.2 Å². The molecule has 0 aromatic heterocycles. The number of benzene rings is 2. The van der Waals surface area contributed by atoms with Crippen molar-refractivity contribution in [3.63, 3.8) is 0 Å². The normalized spacial score (nSPS) is 11.6. The van der Waals surface area contributed by atoms with E-state index in [-0.39, 0.29) is 5.91 Å². The van der Waals surface area contributed by atoms with Gasteiger partial charge in [-0.2, -0.15) is 0 Å². The van der Waals surface area contributed by atoms with Crippen molar-refractivity contribution in [2.45, 2.75) is 13.1 Å². The third-order valence-electron chi connectivity index (χ3n) is 4.14. The Bertz CT molecular complexity index is 765. The second-order valence-electron chi connectivity index (χ2n) is 6.23. The lowest BCUT2D eigenvalue weighted by Gasteiger charge is -2.16. The lowest BCUT2D eigenvalue weighted by molar-refractivity contribution is -0.885. The number of hydrogen-bond donors (Lipinski definition) is 2. The summed E-state index contributed by atoms with van der Waals surface area (Å²) in [6.07, 6.45) is 0. The van der Waals surface area contributed by atoms with Gasteiger partial charge >= 0.3 is 0 Å². The van der Waals surface area contributed by atoms with Gasteiger partial charge in [0.05, 0.1) is 28.4 Å². The number of ether oxygens (including phenoxy) is 3. The molecule has 1 amide bonds. The monoisotopic (exact) mass is 393 g/mol. The van der Waals surface area contributed by atoms with Gasteiger partial charge in [-0.3, -0.25) is 4.79 Å². The maximum Gasteiger partial charge on any atom is 0.275 e. The molecule has 0 aliphatic heterocycles. The van der Waals surface area contributed by atoms with Crippen molar-refractivity contribution in [1.82, 2.24) is 5.32 Å². The van der Waals surface area contributed by atoms with Crippen molar-refractivity contribution < 1.29 is 23.9 Å². The van der Waals surface area contributed by atoms with Crippen molar-refractivity contribution >= 4 is 17.5 Å². The van der Waals surface area contributed by atoms with E-state index in [0.29, 0.717) is 35.4 Å². The zero-order valence-electron chi connectivity index (χ0n) is 16.1. The highest BCUT2D eigenvalue weighted by molar-refractivity contribution is 6.30. The maximum absolute atomic E-state index is 12.3. The molecule has 146 valence electrons. The van der Waals surface area contributed by atoms with Gasteiger partial charge in [0, 0.05) is 28.8 Å². The Morgan fingerprint density at radius 2 is 1.59 bits per heavy atom. The number of rotatable bonds is 9. The molecule has 1 unspecified atom stereocenters. The van der Waals surface area contributed by atoms with Gasteiger partial charge < -0.3 is 24.4 Å². The first-order chi connectivity index (χ1) is 13.0. The van der Waals surface area contributed by atoms with E-state index in [1.165, 1.54) is 0 Å². The molecule has 0 aliphatic rings. The minimum Gasteiger partial charge on any atom is -0.496 e. The van der Waals surface area contributed by atoms with E-state index in [0.717, 1.165) is 22.6 Å². The summed E-state index contributed by atoms with van der Waals surface area (Å²) >= 11 is 5.90. The smallest absolute Gasteiger partial charge is 0.275 e. The Balaban J connectivity index is 1.93. The van der Waals surface area contributed by atoms with Gasteiger partial charge in [0.25, 0.3) is 5.91 Å². The molecule has 0 saturated heterocycles. The minimum atomic E-state index is -0.0432. The number of halogens is 1. The van der Waals surface area contributed by atoms with Crippen molar-refractivity contribution in [3.05, 3.63) is 52.5 Å². The van der Waals surface area contributed by atoms with Crippen molar-refractivity contribution in [2.75, 3.05) is 34.9 Å². The molecule has 6 nitrogen and oxygen atoms in total. The first-order valence-corrected chi connectivity index (χ1v) is 8.96. The quantitative estimate of drug-likeness (QED) is 0.680. The predicted molar refractivity (Wildman–Crippen MR) is 105 cm³/mol. The van der Waals surface area contributed by atoms with Crippen LogP contribution in [0.15, 0.2) is 36.4 Å². The van der Waals surface area contributed by atoms with Crippen molar-refractivity contribution in [3.8, 4) is 17.2 Å². The number of methoxy groups -OCH3 is 3. The Kier molecular flexibility index (Phi) is 7.76. The van der Waals surface area contributed by atoms with Crippen LogP contribution in [0.4, 0.5) is 0 Å². The standard InChI is InChI=1S/C20H25ClN2O4/c1-23(12-14-5-7-16(21)8-6-14)13-20(24)22-11-15-9-18(26-3)19(27-4)10-17(15)25-2/h5-10H,11-13H2,1-4H3,(H,22,24)/p+1. The van der Waals surface area contributed by atoms with Gasteiger partial charge in [-0.15, -0.1) is 0 Å². The van der Waals surface area contributed by atoms with E-state index in [1.54, 1.807) is 27.4 Å². The Morgan fingerprint density at radius 1 is 1.00 bits per heavy atom. The Labute approximate surface area is 165 Å². The highest BCUT2D eigenvalue weighted by Gasteiger charge is 2.14. The number of nitrogens with one attached hydrogen (secondary N) is 2. The molecule has 1 atom stereocenters. The van der Waals surface area contributed by atoms with Gasteiger partial charge in [0.15, 0.2) is 18.0 Å². The number of quaternary nitrogens is 1. The lowest BCUT2D eigenvalue weighted by Crippen LogP contribution is -3.08. The van der Waals surface area contributed by atoms with Crippen molar-refractivity contribution in [1.29, 1.82) is 0 Å². The molecular formula is C20H26ClN2O4+. The fourth-order valence-corrected chi connectivity index (χ4v) is 2.90. The van der Waals surface area contributed by atoms with Crippen LogP contribution in [-0.4, -0.2) is 40.8 Å². The van der Waals surface area contributed by atoms with E-state index in [9.17, 15) is 4.79 Å². The molecule has 2 rings (SSSR count). The zero-order chi connectivity index (χ0) is 19.8. The van der Waals surface area contributed by atoms with Gasteiger partial charge in [0.1, 0.15) is 12.3 Å². The number of carbonyl (C=O) groups excluding carboxylic acids is 1. The molecular weight excluding hydrogens is 368 g/mol. The van der Waals surface area contributed by atoms with Crippen LogP contribution in [0.3, 0.4) is 0 Å². The van der Waals surface area contributed by atoms with Crippen LogP contribution in [0.2, 0.25) is 5.02 Å². The summed E-state index contributed by atoms with van der Waals surface area (Å²) in [6.45, 7) is 1.44. The largest absolute Gasteiger partial charge is 0.496 e. The molecule has 7 heteroatoms. The van der Waals surface area contributed by atoms with Crippen LogP contribution in [0.25, 0.3) is 0 Å². The zero-order valence-corrected chi connectivity index (χ0v) is 16.9. The molecule has 0 radical (unpaired) electrons. The maximum atomic E-state index is 12.3. The van der Waals surface area contributed by atoms with Crippen molar-refractivity contribution in [2.24, 2.45) is 0 Å². The summed E-state index contributed by atoms with van der Waals surface area (Å²) in [6, 6.07) is 11.2. The van der Waals surface area contributed by atoms with Crippen LogP contribution < -0.4 is 24.4 Å². The third kappa shape index (κ3) is 6.05. The minimum absolute atomic E-state index is 0.0432. The van der Waals surface area contributed by atoms with Crippen LogP contribution in [-0.2, 0) is 17.9 Å². The number of carbonyl (C=O) groups is 1. The highest BCUT2D eigenvalue weighted by Crippen LogP contribution is 2.34. The van der Waals surface area contributed by atoms with Crippen LogP contribution in [0, 0.1) is 0 Å². The number of amides is 1. The highest BCUT2D eigenvalue weighted by atomic mass is 35.5. The average Bonchev–Trinajstić information content (AvgIpc) is 2.67. The Morgan fingerprint density at radius 3 is 2.19 bits per heavy atom. The summed E-state index contributed by atoms with van der Waals surface area (Å²) in [4.78, 5) is 13.4. The molecule has 0 saturated carbocycles. The molecule has 2 aromatic rings. The van der Waals surface area contributed by atoms with E-state index in [1.807, 2.05) is 37.4 Å². The molecule has 0 bridgehead atoms. The average molecular weight is 394 g/mol.